The van der Waals surface area contributed by atoms with E-state index in [0.717, 1.165) is 29.2 Å². The van der Waals surface area contributed by atoms with E-state index in [1.165, 1.54) is 25.8 Å². The maximum Gasteiger partial charge on any atom is 0.119 e. The average Bonchev–Trinajstić information content (AvgIpc) is 2.41. The van der Waals surface area contributed by atoms with Gasteiger partial charge in [-0.2, -0.15) is 0 Å². The van der Waals surface area contributed by atoms with Gasteiger partial charge < -0.3 is 10.1 Å². The third-order valence-corrected chi connectivity index (χ3v) is 4.26. The quantitative estimate of drug-likeness (QED) is 0.887. The molecule has 3 heteroatoms. The Balaban J connectivity index is 1.70. The summed E-state index contributed by atoms with van der Waals surface area (Å²) in [6, 6.07) is 8.68. The van der Waals surface area contributed by atoms with Crippen molar-refractivity contribution in [2.75, 3.05) is 13.2 Å². The molecule has 2 unspecified atom stereocenters. The SMILES string of the molecule is CCC1CCNC(CCOc2ccc(Br)cc2)C1. The Morgan fingerprint density at radius 2 is 2.11 bits per heavy atom. The molecule has 0 saturated carbocycles. The zero-order valence-electron chi connectivity index (χ0n) is 11.0. The average molecular weight is 312 g/mol. The number of benzene rings is 1. The van der Waals surface area contributed by atoms with E-state index in [0.29, 0.717) is 6.04 Å². The van der Waals surface area contributed by atoms with Gasteiger partial charge in [-0.3, -0.25) is 0 Å². The third-order valence-electron chi connectivity index (χ3n) is 3.73. The topological polar surface area (TPSA) is 21.3 Å². The lowest BCUT2D eigenvalue weighted by Crippen LogP contribution is -2.38. The van der Waals surface area contributed by atoms with E-state index in [4.69, 9.17) is 4.74 Å². The number of hydrogen-bond acceptors (Lipinski definition) is 2. The fourth-order valence-corrected chi connectivity index (χ4v) is 2.80. The van der Waals surface area contributed by atoms with Crippen molar-refractivity contribution in [2.45, 2.75) is 38.6 Å². The minimum atomic E-state index is 0.638. The molecule has 1 aromatic rings. The molecule has 2 rings (SSSR count). The summed E-state index contributed by atoms with van der Waals surface area (Å²) in [4.78, 5) is 0. The Kier molecular flexibility index (Phi) is 5.51. The highest BCUT2D eigenvalue weighted by molar-refractivity contribution is 9.10. The summed E-state index contributed by atoms with van der Waals surface area (Å²) in [5, 5.41) is 3.59. The molecule has 0 bridgehead atoms. The molecule has 1 saturated heterocycles. The summed E-state index contributed by atoms with van der Waals surface area (Å²) in [7, 11) is 0. The molecule has 0 radical (unpaired) electrons. The molecule has 1 aliphatic rings. The number of nitrogens with one attached hydrogen (secondary N) is 1. The molecule has 2 atom stereocenters. The molecule has 2 nitrogen and oxygen atoms in total. The van der Waals surface area contributed by atoms with Crippen LogP contribution in [0.2, 0.25) is 0 Å². The normalized spacial score (nSPS) is 23.9. The molecule has 1 heterocycles. The summed E-state index contributed by atoms with van der Waals surface area (Å²) < 4.78 is 6.86. The number of halogens is 1. The van der Waals surface area contributed by atoms with Crippen molar-refractivity contribution >= 4 is 15.9 Å². The summed E-state index contributed by atoms with van der Waals surface area (Å²) in [6.45, 7) is 4.27. The maximum atomic E-state index is 5.77. The molecule has 18 heavy (non-hydrogen) atoms. The highest BCUT2D eigenvalue weighted by Gasteiger charge is 2.19. The van der Waals surface area contributed by atoms with Crippen LogP contribution in [0.1, 0.15) is 32.6 Å². The molecule has 0 aromatic heterocycles. The Morgan fingerprint density at radius 1 is 1.33 bits per heavy atom. The van der Waals surface area contributed by atoms with E-state index in [1.54, 1.807) is 0 Å². The van der Waals surface area contributed by atoms with Gasteiger partial charge in [0.05, 0.1) is 6.61 Å². The molecule has 0 amide bonds. The van der Waals surface area contributed by atoms with Crippen LogP contribution in [0, 0.1) is 5.92 Å². The van der Waals surface area contributed by atoms with Crippen LogP contribution in [-0.4, -0.2) is 19.2 Å². The molecule has 100 valence electrons. The second-order valence-electron chi connectivity index (χ2n) is 5.04. The minimum absolute atomic E-state index is 0.638. The van der Waals surface area contributed by atoms with Gasteiger partial charge in [-0.15, -0.1) is 0 Å². The molecular weight excluding hydrogens is 290 g/mol. The molecule has 0 spiro atoms. The maximum absolute atomic E-state index is 5.77. The fraction of sp³-hybridized carbons (Fsp3) is 0.600. The van der Waals surface area contributed by atoms with Crippen LogP contribution in [0.4, 0.5) is 0 Å². The molecule has 1 N–H and O–H groups in total. The Hall–Kier alpha value is -0.540. The van der Waals surface area contributed by atoms with Crippen LogP contribution in [0.15, 0.2) is 28.7 Å². The Morgan fingerprint density at radius 3 is 2.83 bits per heavy atom. The lowest BCUT2D eigenvalue weighted by molar-refractivity contribution is 0.236. The summed E-state index contributed by atoms with van der Waals surface area (Å²) in [5.41, 5.74) is 0. The lowest BCUT2D eigenvalue weighted by atomic mass is 9.89. The first-order valence-electron chi connectivity index (χ1n) is 6.89. The van der Waals surface area contributed by atoms with E-state index in [9.17, 15) is 0 Å². The smallest absolute Gasteiger partial charge is 0.119 e. The summed E-state index contributed by atoms with van der Waals surface area (Å²) in [6.07, 6.45) is 5.05. The zero-order chi connectivity index (χ0) is 12.8. The van der Waals surface area contributed by atoms with Crippen molar-refractivity contribution in [1.29, 1.82) is 0 Å². The number of ether oxygens (including phenoxy) is 1. The van der Waals surface area contributed by atoms with Gasteiger partial charge in [-0.05, 0) is 56.0 Å². The van der Waals surface area contributed by atoms with E-state index >= 15 is 0 Å². The molecule has 1 aliphatic heterocycles. The van der Waals surface area contributed by atoms with Crippen molar-refractivity contribution < 1.29 is 4.74 Å². The largest absolute Gasteiger partial charge is 0.494 e. The first-order chi connectivity index (χ1) is 8.78. The van der Waals surface area contributed by atoms with Gasteiger partial charge in [0.1, 0.15) is 5.75 Å². The highest BCUT2D eigenvalue weighted by atomic mass is 79.9. The number of piperidine rings is 1. The lowest BCUT2D eigenvalue weighted by Gasteiger charge is -2.29. The van der Waals surface area contributed by atoms with Gasteiger partial charge in [0.25, 0.3) is 0 Å². The molecular formula is C15H22BrNO. The Labute approximate surface area is 118 Å². The highest BCUT2D eigenvalue weighted by Crippen LogP contribution is 2.21. The van der Waals surface area contributed by atoms with Crippen molar-refractivity contribution in [3.05, 3.63) is 28.7 Å². The second-order valence-corrected chi connectivity index (χ2v) is 5.96. The van der Waals surface area contributed by atoms with Crippen molar-refractivity contribution in [3.8, 4) is 5.75 Å². The third kappa shape index (κ3) is 4.29. The van der Waals surface area contributed by atoms with Gasteiger partial charge in [0.15, 0.2) is 0 Å². The van der Waals surface area contributed by atoms with Crippen molar-refractivity contribution in [1.82, 2.24) is 5.32 Å². The van der Waals surface area contributed by atoms with Crippen molar-refractivity contribution in [2.24, 2.45) is 5.92 Å². The second kappa shape index (κ2) is 7.15. The predicted molar refractivity (Wildman–Crippen MR) is 79.1 cm³/mol. The first kappa shape index (κ1) is 13.9. The van der Waals surface area contributed by atoms with Crippen LogP contribution < -0.4 is 10.1 Å². The molecule has 1 aromatic carbocycles. The van der Waals surface area contributed by atoms with E-state index in [1.807, 2.05) is 24.3 Å². The van der Waals surface area contributed by atoms with Crippen LogP contribution in [0.5, 0.6) is 5.75 Å². The van der Waals surface area contributed by atoms with Gasteiger partial charge in [0, 0.05) is 10.5 Å². The first-order valence-corrected chi connectivity index (χ1v) is 7.69. The van der Waals surface area contributed by atoms with Gasteiger partial charge in [0.2, 0.25) is 0 Å². The predicted octanol–water partition coefficient (Wildman–Crippen LogP) is 4.00. The van der Waals surface area contributed by atoms with Crippen LogP contribution in [0.3, 0.4) is 0 Å². The van der Waals surface area contributed by atoms with E-state index in [2.05, 4.69) is 28.2 Å². The minimum Gasteiger partial charge on any atom is -0.494 e. The van der Waals surface area contributed by atoms with E-state index < -0.39 is 0 Å². The van der Waals surface area contributed by atoms with Gasteiger partial charge in [-0.1, -0.05) is 29.3 Å². The van der Waals surface area contributed by atoms with Crippen LogP contribution in [-0.2, 0) is 0 Å². The van der Waals surface area contributed by atoms with Crippen molar-refractivity contribution in [3.63, 3.8) is 0 Å². The molecule has 1 fully saturated rings. The van der Waals surface area contributed by atoms with Crippen LogP contribution in [0.25, 0.3) is 0 Å². The fourth-order valence-electron chi connectivity index (χ4n) is 2.54. The Bertz CT molecular complexity index is 352. The van der Waals surface area contributed by atoms with Gasteiger partial charge in [-0.25, -0.2) is 0 Å². The molecule has 0 aliphatic carbocycles. The summed E-state index contributed by atoms with van der Waals surface area (Å²) >= 11 is 3.43. The summed E-state index contributed by atoms with van der Waals surface area (Å²) in [5.74, 6) is 1.87. The standard InChI is InChI=1S/C15H22BrNO/c1-2-12-7-9-17-14(11-12)8-10-18-15-5-3-13(16)4-6-15/h3-6,12,14,17H,2,7-11H2,1H3. The monoisotopic (exact) mass is 311 g/mol. The number of hydrogen-bond donors (Lipinski definition) is 1. The number of rotatable bonds is 5. The van der Waals surface area contributed by atoms with E-state index in [-0.39, 0.29) is 0 Å². The van der Waals surface area contributed by atoms with Crippen LogP contribution >= 0.6 is 15.9 Å². The zero-order valence-corrected chi connectivity index (χ0v) is 12.6. The van der Waals surface area contributed by atoms with Gasteiger partial charge >= 0.3 is 0 Å².